The van der Waals surface area contributed by atoms with E-state index in [0.717, 1.165) is 39.6 Å². The highest BCUT2D eigenvalue weighted by atomic mass is 15.3. The van der Waals surface area contributed by atoms with Gasteiger partial charge in [0.2, 0.25) is 0 Å². The second kappa shape index (κ2) is 6.36. The van der Waals surface area contributed by atoms with E-state index in [1.807, 2.05) is 18.3 Å². The molecule has 0 saturated heterocycles. The van der Waals surface area contributed by atoms with Crippen LogP contribution in [0.25, 0.3) is 33.1 Å². The zero-order valence-electron chi connectivity index (χ0n) is 15.1. The van der Waals surface area contributed by atoms with Crippen LogP contribution in [0.4, 0.5) is 0 Å². The molecule has 0 bridgehead atoms. The second-order valence-electron chi connectivity index (χ2n) is 6.90. The summed E-state index contributed by atoms with van der Waals surface area (Å²) in [6.07, 6.45) is 1.96. The maximum atomic E-state index is 5.01. The summed E-state index contributed by atoms with van der Waals surface area (Å²) in [5.74, 6) is 0. The van der Waals surface area contributed by atoms with E-state index in [9.17, 15) is 0 Å². The quantitative estimate of drug-likeness (QED) is 0.424. The van der Waals surface area contributed by atoms with Crippen molar-refractivity contribution < 1.29 is 0 Å². The molecule has 0 saturated carbocycles. The van der Waals surface area contributed by atoms with Gasteiger partial charge < -0.3 is 0 Å². The Morgan fingerprint density at radius 3 is 2.33 bits per heavy atom. The highest BCUT2D eigenvalue weighted by Gasteiger charge is 2.16. The fraction of sp³-hybridized carbons (Fsp3) is 0.0833. The van der Waals surface area contributed by atoms with E-state index in [4.69, 9.17) is 10.1 Å². The Labute approximate surface area is 157 Å². The van der Waals surface area contributed by atoms with Crippen LogP contribution < -0.4 is 0 Å². The van der Waals surface area contributed by atoms with E-state index in [0.29, 0.717) is 0 Å². The highest BCUT2D eigenvalue weighted by Crippen LogP contribution is 2.32. The fourth-order valence-corrected chi connectivity index (χ4v) is 3.65. The third-order valence-electron chi connectivity index (χ3n) is 4.95. The van der Waals surface area contributed by atoms with Crippen molar-refractivity contribution in [3.63, 3.8) is 0 Å². The molecule has 0 unspecified atom stereocenters. The van der Waals surface area contributed by atoms with Gasteiger partial charge >= 0.3 is 0 Å². The molecular weight excluding hydrogens is 330 g/mol. The summed E-state index contributed by atoms with van der Waals surface area (Å²) in [4.78, 5) is 4.70. The van der Waals surface area contributed by atoms with Crippen LogP contribution >= 0.6 is 0 Å². The van der Waals surface area contributed by atoms with Crippen LogP contribution in [0.3, 0.4) is 0 Å². The van der Waals surface area contributed by atoms with Crippen molar-refractivity contribution in [1.82, 2.24) is 14.8 Å². The van der Waals surface area contributed by atoms with Crippen LogP contribution in [0, 0.1) is 6.92 Å². The number of hydrogen-bond acceptors (Lipinski definition) is 2. The topological polar surface area (TPSA) is 30.7 Å². The van der Waals surface area contributed by atoms with Gasteiger partial charge in [-0.3, -0.25) is 9.67 Å². The first-order chi connectivity index (χ1) is 13.3. The number of fused-ring (bicyclic) bond motifs is 3. The minimum atomic E-state index is 0.733. The Balaban J connectivity index is 1.82. The van der Waals surface area contributed by atoms with Gasteiger partial charge in [-0.2, -0.15) is 5.10 Å². The van der Waals surface area contributed by atoms with E-state index in [-0.39, 0.29) is 0 Å². The molecule has 0 radical (unpaired) electrons. The number of nitrogens with zero attached hydrogens (tertiary/aromatic N) is 3. The number of rotatable bonds is 3. The van der Waals surface area contributed by atoms with Gasteiger partial charge in [-0.25, -0.2) is 0 Å². The summed E-state index contributed by atoms with van der Waals surface area (Å²) >= 11 is 0. The minimum Gasteiger partial charge on any atom is -0.259 e. The van der Waals surface area contributed by atoms with Crippen molar-refractivity contribution in [2.24, 2.45) is 0 Å². The predicted octanol–water partition coefficient (Wildman–Crippen LogP) is 5.61. The standard InChI is InChI=1S/C24H19N3/c1-17-12-13-22-20(14-17)24-21(15-25-22)23(19-10-6-3-7-11-19)26-27(24)16-18-8-4-2-5-9-18/h2-15H,16H2,1H3. The average Bonchev–Trinajstić information content (AvgIpc) is 3.08. The van der Waals surface area contributed by atoms with Crippen molar-refractivity contribution in [2.45, 2.75) is 13.5 Å². The van der Waals surface area contributed by atoms with Gasteiger partial charge in [-0.15, -0.1) is 0 Å². The molecule has 5 aromatic rings. The first-order valence-corrected chi connectivity index (χ1v) is 9.15. The number of aromatic nitrogens is 3. The Morgan fingerprint density at radius 2 is 1.56 bits per heavy atom. The number of pyridine rings is 1. The molecule has 3 aromatic carbocycles. The summed E-state index contributed by atoms with van der Waals surface area (Å²) in [5, 5.41) is 7.26. The molecule has 2 heterocycles. The molecule has 5 rings (SSSR count). The minimum absolute atomic E-state index is 0.733. The average molecular weight is 349 g/mol. The second-order valence-corrected chi connectivity index (χ2v) is 6.90. The third-order valence-corrected chi connectivity index (χ3v) is 4.95. The monoisotopic (exact) mass is 349 g/mol. The van der Waals surface area contributed by atoms with Gasteiger partial charge in [-0.05, 0) is 24.6 Å². The fourth-order valence-electron chi connectivity index (χ4n) is 3.65. The Bertz CT molecular complexity index is 1240. The van der Waals surface area contributed by atoms with Crippen LogP contribution in [-0.2, 0) is 6.54 Å². The van der Waals surface area contributed by atoms with Crippen LogP contribution in [0.2, 0.25) is 0 Å². The first-order valence-electron chi connectivity index (χ1n) is 9.15. The van der Waals surface area contributed by atoms with E-state index >= 15 is 0 Å². The largest absolute Gasteiger partial charge is 0.259 e. The summed E-state index contributed by atoms with van der Waals surface area (Å²) in [5.41, 5.74) is 6.71. The summed E-state index contributed by atoms with van der Waals surface area (Å²) < 4.78 is 2.12. The van der Waals surface area contributed by atoms with Crippen LogP contribution in [0.15, 0.2) is 85.1 Å². The predicted molar refractivity (Wildman–Crippen MR) is 111 cm³/mol. The van der Waals surface area contributed by atoms with Crippen LogP contribution in [0.5, 0.6) is 0 Å². The Kier molecular flexibility index (Phi) is 3.72. The van der Waals surface area contributed by atoms with Gasteiger partial charge in [0.05, 0.1) is 17.6 Å². The molecule has 0 aliphatic heterocycles. The molecule has 27 heavy (non-hydrogen) atoms. The summed E-state index contributed by atoms with van der Waals surface area (Å²) in [6, 6.07) is 27.2. The van der Waals surface area contributed by atoms with Gasteiger partial charge in [-0.1, -0.05) is 72.3 Å². The molecule has 0 N–H and O–H groups in total. The molecule has 0 atom stereocenters. The van der Waals surface area contributed by atoms with Gasteiger partial charge in [0.1, 0.15) is 5.69 Å². The molecule has 130 valence electrons. The molecule has 2 aromatic heterocycles. The van der Waals surface area contributed by atoms with Gasteiger partial charge in [0.15, 0.2) is 0 Å². The number of aryl methyl sites for hydroxylation is 1. The highest BCUT2D eigenvalue weighted by molar-refractivity contribution is 6.08. The van der Waals surface area contributed by atoms with Crippen LogP contribution in [-0.4, -0.2) is 14.8 Å². The normalized spacial score (nSPS) is 11.3. The van der Waals surface area contributed by atoms with Crippen molar-refractivity contribution in [3.05, 3.63) is 96.2 Å². The Hall–Kier alpha value is -3.46. The van der Waals surface area contributed by atoms with Gasteiger partial charge in [0, 0.05) is 22.5 Å². The molecular formula is C24H19N3. The van der Waals surface area contributed by atoms with E-state index in [2.05, 4.69) is 78.3 Å². The van der Waals surface area contributed by atoms with Gasteiger partial charge in [0.25, 0.3) is 0 Å². The lowest BCUT2D eigenvalue weighted by molar-refractivity contribution is 0.717. The Morgan fingerprint density at radius 1 is 0.815 bits per heavy atom. The lowest BCUT2D eigenvalue weighted by atomic mass is 10.1. The lowest BCUT2D eigenvalue weighted by Crippen LogP contribution is -2.02. The number of hydrogen-bond donors (Lipinski definition) is 0. The zero-order valence-corrected chi connectivity index (χ0v) is 15.1. The molecule has 0 aliphatic carbocycles. The van der Waals surface area contributed by atoms with Crippen molar-refractivity contribution in [1.29, 1.82) is 0 Å². The zero-order chi connectivity index (χ0) is 18.2. The first kappa shape index (κ1) is 15.8. The number of benzene rings is 3. The molecule has 3 heteroatoms. The third kappa shape index (κ3) is 2.77. The van der Waals surface area contributed by atoms with E-state index in [1.54, 1.807) is 0 Å². The summed E-state index contributed by atoms with van der Waals surface area (Å²) in [6.45, 7) is 2.85. The molecule has 0 amide bonds. The van der Waals surface area contributed by atoms with Crippen molar-refractivity contribution >= 4 is 21.8 Å². The van der Waals surface area contributed by atoms with E-state index in [1.165, 1.54) is 11.1 Å². The molecule has 0 spiro atoms. The van der Waals surface area contributed by atoms with Crippen molar-refractivity contribution in [2.75, 3.05) is 0 Å². The van der Waals surface area contributed by atoms with Crippen LogP contribution in [0.1, 0.15) is 11.1 Å². The maximum absolute atomic E-state index is 5.01. The lowest BCUT2D eigenvalue weighted by Gasteiger charge is -2.07. The summed E-state index contributed by atoms with van der Waals surface area (Å²) in [7, 11) is 0. The van der Waals surface area contributed by atoms with E-state index < -0.39 is 0 Å². The molecule has 0 aliphatic rings. The SMILES string of the molecule is Cc1ccc2ncc3c(-c4ccccc4)nn(Cc4ccccc4)c3c2c1. The molecule has 3 nitrogen and oxygen atoms in total. The smallest absolute Gasteiger partial charge is 0.102 e. The van der Waals surface area contributed by atoms with Crippen molar-refractivity contribution in [3.8, 4) is 11.3 Å². The maximum Gasteiger partial charge on any atom is 0.102 e. The molecule has 0 fully saturated rings.